The van der Waals surface area contributed by atoms with E-state index in [1.54, 1.807) is 0 Å². The molecule has 102 valence electrons. The van der Waals surface area contributed by atoms with Crippen molar-refractivity contribution >= 4 is 0 Å². The lowest BCUT2D eigenvalue weighted by Crippen LogP contribution is -2.37. The summed E-state index contributed by atoms with van der Waals surface area (Å²) in [7, 11) is 1.96. The van der Waals surface area contributed by atoms with E-state index in [9.17, 15) is 5.11 Å². The highest BCUT2D eigenvalue weighted by Crippen LogP contribution is 2.28. The lowest BCUT2D eigenvalue weighted by molar-refractivity contribution is 0.0474. The van der Waals surface area contributed by atoms with Crippen molar-refractivity contribution in [2.75, 3.05) is 6.54 Å². The molecule has 0 spiro atoms. The molecule has 2 rings (SSSR count). The SMILES string of the molecule is CC(C)c1nn(C)cc1CNCC1(O)CCCC1. The Morgan fingerprint density at radius 2 is 2.11 bits per heavy atom. The van der Waals surface area contributed by atoms with Gasteiger partial charge in [0, 0.05) is 31.9 Å². The van der Waals surface area contributed by atoms with Crippen LogP contribution in [0.3, 0.4) is 0 Å². The zero-order chi connectivity index (χ0) is 13.2. The van der Waals surface area contributed by atoms with Gasteiger partial charge in [-0.3, -0.25) is 4.68 Å². The Morgan fingerprint density at radius 3 is 2.72 bits per heavy atom. The van der Waals surface area contributed by atoms with Crippen LogP contribution in [-0.2, 0) is 13.6 Å². The fourth-order valence-electron chi connectivity index (χ4n) is 2.82. The second-order valence-corrected chi connectivity index (χ2v) is 5.90. The predicted molar refractivity (Wildman–Crippen MR) is 72.4 cm³/mol. The molecule has 4 nitrogen and oxygen atoms in total. The summed E-state index contributed by atoms with van der Waals surface area (Å²) in [4.78, 5) is 0. The molecular weight excluding hydrogens is 226 g/mol. The van der Waals surface area contributed by atoms with Crippen LogP contribution in [0.4, 0.5) is 0 Å². The molecule has 0 atom stereocenters. The standard InChI is InChI=1S/C14H25N3O/c1-11(2)13-12(9-17(3)16-13)8-15-10-14(18)6-4-5-7-14/h9,11,15,18H,4-8,10H2,1-3H3. The number of aryl methyl sites for hydroxylation is 1. The molecule has 2 N–H and O–H groups in total. The Bertz CT molecular complexity index is 392. The first-order valence-corrected chi connectivity index (χ1v) is 6.96. The van der Waals surface area contributed by atoms with Gasteiger partial charge in [0.1, 0.15) is 0 Å². The number of hydrogen-bond acceptors (Lipinski definition) is 3. The molecule has 4 heteroatoms. The molecule has 0 bridgehead atoms. The summed E-state index contributed by atoms with van der Waals surface area (Å²) in [6, 6.07) is 0. The Hall–Kier alpha value is -0.870. The van der Waals surface area contributed by atoms with E-state index < -0.39 is 5.60 Å². The van der Waals surface area contributed by atoms with Crippen molar-refractivity contribution in [1.29, 1.82) is 0 Å². The molecule has 1 fully saturated rings. The quantitative estimate of drug-likeness (QED) is 0.841. The molecule has 0 unspecified atom stereocenters. The summed E-state index contributed by atoms with van der Waals surface area (Å²) >= 11 is 0. The maximum absolute atomic E-state index is 10.3. The van der Waals surface area contributed by atoms with Crippen LogP contribution in [0.1, 0.15) is 56.7 Å². The molecule has 1 aromatic rings. The van der Waals surface area contributed by atoms with E-state index in [0.717, 1.165) is 37.9 Å². The lowest BCUT2D eigenvalue weighted by Gasteiger charge is -2.22. The van der Waals surface area contributed by atoms with Gasteiger partial charge in [0.15, 0.2) is 0 Å². The Balaban J connectivity index is 1.90. The normalized spacial score (nSPS) is 18.7. The van der Waals surface area contributed by atoms with E-state index in [2.05, 4.69) is 30.5 Å². The molecule has 1 saturated carbocycles. The van der Waals surface area contributed by atoms with Crippen LogP contribution in [0.15, 0.2) is 6.20 Å². The predicted octanol–water partition coefficient (Wildman–Crippen LogP) is 1.94. The summed E-state index contributed by atoms with van der Waals surface area (Å²) in [5, 5.41) is 18.2. The molecule has 0 amide bonds. The maximum atomic E-state index is 10.3. The van der Waals surface area contributed by atoms with E-state index in [-0.39, 0.29) is 0 Å². The van der Waals surface area contributed by atoms with Crippen LogP contribution >= 0.6 is 0 Å². The van der Waals surface area contributed by atoms with Crippen molar-refractivity contribution in [2.45, 2.75) is 57.6 Å². The van der Waals surface area contributed by atoms with Gasteiger partial charge < -0.3 is 10.4 Å². The molecule has 0 aliphatic heterocycles. The van der Waals surface area contributed by atoms with Crippen molar-refractivity contribution in [2.24, 2.45) is 7.05 Å². The largest absolute Gasteiger partial charge is 0.389 e. The third kappa shape index (κ3) is 3.12. The van der Waals surface area contributed by atoms with Crippen LogP contribution in [-0.4, -0.2) is 27.0 Å². The smallest absolute Gasteiger partial charge is 0.0771 e. The molecule has 1 aromatic heterocycles. The van der Waals surface area contributed by atoms with E-state index in [0.29, 0.717) is 12.5 Å². The summed E-state index contributed by atoms with van der Waals surface area (Å²) in [6.07, 6.45) is 6.25. The number of aliphatic hydroxyl groups is 1. The van der Waals surface area contributed by atoms with Crippen molar-refractivity contribution in [3.8, 4) is 0 Å². The maximum Gasteiger partial charge on any atom is 0.0771 e. The van der Waals surface area contributed by atoms with Gasteiger partial charge >= 0.3 is 0 Å². The highest BCUT2D eigenvalue weighted by molar-refractivity contribution is 5.20. The van der Waals surface area contributed by atoms with Gasteiger partial charge in [-0.1, -0.05) is 26.7 Å². The van der Waals surface area contributed by atoms with Crippen molar-refractivity contribution in [1.82, 2.24) is 15.1 Å². The second kappa shape index (κ2) is 5.41. The highest BCUT2D eigenvalue weighted by atomic mass is 16.3. The van der Waals surface area contributed by atoms with Crippen molar-refractivity contribution in [3.63, 3.8) is 0 Å². The zero-order valence-electron chi connectivity index (χ0n) is 11.7. The number of hydrogen-bond donors (Lipinski definition) is 2. The minimum Gasteiger partial charge on any atom is -0.389 e. The average Bonchev–Trinajstić information content (AvgIpc) is 2.86. The zero-order valence-corrected chi connectivity index (χ0v) is 11.7. The van der Waals surface area contributed by atoms with Gasteiger partial charge in [-0.15, -0.1) is 0 Å². The van der Waals surface area contributed by atoms with E-state index in [4.69, 9.17) is 0 Å². The molecule has 0 radical (unpaired) electrons. The van der Waals surface area contributed by atoms with Gasteiger partial charge in [-0.25, -0.2) is 0 Å². The van der Waals surface area contributed by atoms with Crippen molar-refractivity contribution < 1.29 is 5.11 Å². The Kier molecular flexibility index (Phi) is 4.07. The third-order valence-corrected chi connectivity index (χ3v) is 3.79. The van der Waals surface area contributed by atoms with Crippen molar-refractivity contribution in [3.05, 3.63) is 17.5 Å². The molecule has 0 aromatic carbocycles. The summed E-state index contributed by atoms with van der Waals surface area (Å²) in [5.41, 5.74) is 1.93. The molecule has 18 heavy (non-hydrogen) atoms. The van der Waals surface area contributed by atoms with E-state index in [1.165, 1.54) is 5.56 Å². The lowest BCUT2D eigenvalue weighted by atomic mass is 10.0. The number of aromatic nitrogens is 2. The fourth-order valence-corrected chi connectivity index (χ4v) is 2.82. The molecule has 1 aliphatic rings. The first kappa shape index (κ1) is 13.6. The average molecular weight is 251 g/mol. The van der Waals surface area contributed by atoms with Gasteiger partial charge in [0.05, 0.1) is 11.3 Å². The summed E-state index contributed by atoms with van der Waals surface area (Å²) < 4.78 is 1.87. The van der Waals surface area contributed by atoms with Gasteiger partial charge in [-0.2, -0.15) is 5.10 Å². The van der Waals surface area contributed by atoms with Gasteiger partial charge in [-0.05, 0) is 18.8 Å². The molecule has 1 heterocycles. The van der Waals surface area contributed by atoms with Crippen LogP contribution in [0, 0.1) is 0 Å². The van der Waals surface area contributed by atoms with E-state index >= 15 is 0 Å². The second-order valence-electron chi connectivity index (χ2n) is 5.90. The first-order valence-electron chi connectivity index (χ1n) is 6.96. The van der Waals surface area contributed by atoms with Crippen LogP contribution in [0.5, 0.6) is 0 Å². The van der Waals surface area contributed by atoms with Gasteiger partial charge in [0.2, 0.25) is 0 Å². The highest BCUT2D eigenvalue weighted by Gasteiger charge is 2.30. The van der Waals surface area contributed by atoms with Crippen LogP contribution in [0.25, 0.3) is 0 Å². The van der Waals surface area contributed by atoms with E-state index in [1.807, 2.05) is 11.7 Å². The minimum atomic E-state index is -0.472. The number of rotatable bonds is 5. The Labute approximate surface area is 109 Å². The fraction of sp³-hybridized carbons (Fsp3) is 0.786. The number of nitrogens with zero attached hydrogens (tertiary/aromatic N) is 2. The minimum absolute atomic E-state index is 0.442. The molecule has 1 aliphatic carbocycles. The molecule has 0 saturated heterocycles. The first-order chi connectivity index (χ1) is 8.50. The van der Waals surface area contributed by atoms with Gasteiger partial charge in [0.25, 0.3) is 0 Å². The number of nitrogens with one attached hydrogen (secondary N) is 1. The summed E-state index contributed by atoms with van der Waals surface area (Å²) in [6.45, 7) is 5.82. The van der Waals surface area contributed by atoms with Crippen LogP contribution < -0.4 is 5.32 Å². The Morgan fingerprint density at radius 1 is 1.44 bits per heavy atom. The topological polar surface area (TPSA) is 50.1 Å². The van der Waals surface area contributed by atoms with Crippen LogP contribution in [0.2, 0.25) is 0 Å². The monoisotopic (exact) mass is 251 g/mol. The molecular formula is C14H25N3O. The third-order valence-electron chi connectivity index (χ3n) is 3.79. The summed E-state index contributed by atoms with van der Waals surface area (Å²) in [5.74, 6) is 0.442.